The van der Waals surface area contributed by atoms with Gasteiger partial charge in [-0.1, -0.05) is 23.7 Å². The van der Waals surface area contributed by atoms with E-state index in [0.29, 0.717) is 10.6 Å². The average Bonchev–Trinajstić information content (AvgIpc) is 2.08. The third kappa shape index (κ3) is 2.36. The van der Waals surface area contributed by atoms with E-state index in [2.05, 4.69) is 0 Å². The molecule has 0 aliphatic carbocycles. The third-order valence-corrected chi connectivity index (χ3v) is 2.55. The first-order chi connectivity index (χ1) is 6.02. The Labute approximate surface area is 86.1 Å². The Hall–Kier alpha value is -0.730. The lowest BCUT2D eigenvalue weighted by molar-refractivity contribution is -0.136. The highest BCUT2D eigenvalue weighted by molar-refractivity contribution is 6.32. The second-order valence-electron chi connectivity index (χ2n) is 2.71. The number of carboxylic acid groups (broad SMARTS) is 1. The van der Waals surface area contributed by atoms with Crippen molar-refractivity contribution in [3.8, 4) is 0 Å². The summed E-state index contributed by atoms with van der Waals surface area (Å²) in [6.07, 6.45) is 0. The van der Waals surface area contributed by atoms with Gasteiger partial charge in [-0.15, -0.1) is 11.6 Å². The fraction of sp³-hybridized carbons (Fsp3) is 0.222. The largest absolute Gasteiger partial charge is 0.480 e. The first-order valence-electron chi connectivity index (χ1n) is 3.65. The van der Waals surface area contributed by atoms with Crippen LogP contribution in [0.4, 0.5) is 0 Å². The van der Waals surface area contributed by atoms with Crippen LogP contribution in [-0.4, -0.2) is 11.1 Å². The van der Waals surface area contributed by atoms with Crippen LogP contribution in [0, 0.1) is 6.92 Å². The number of carbonyl (C=O) groups is 1. The zero-order valence-corrected chi connectivity index (χ0v) is 8.43. The van der Waals surface area contributed by atoms with Gasteiger partial charge in [0.1, 0.15) is 0 Å². The molecule has 1 aromatic carbocycles. The predicted molar refractivity (Wildman–Crippen MR) is 52.4 cm³/mol. The van der Waals surface area contributed by atoms with E-state index in [9.17, 15) is 4.79 Å². The molecule has 0 aliphatic rings. The van der Waals surface area contributed by atoms with Crippen LogP contribution in [0.3, 0.4) is 0 Å². The number of hydrogen-bond acceptors (Lipinski definition) is 1. The summed E-state index contributed by atoms with van der Waals surface area (Å²) in [5, 5.41) is 8.24. The van der Waals surface area contributed by atoms with Gasteiger partial charge >= 0.3 is 5.97 Å². The highest BCUT2D eigenvalue weighted by Crippen LogP contribution is 2.24. The molecule has 0 amide bonds. The van der Waals surface area contributed by atoms with Crippen LogP contribution >= 0.6 is 23.2 Å². The molecule has 0 aromatic heterocycles. The fourth-order valence-corrected chi connectivity index (χ4v) is 1.22. The van der Waals surface area contributed by atoms with Gasteiger partial charge in [0.2, 0.25) is 0 Å². The van der Waals surface area contributed by atoms with E-state index in [1.165, 1.54) is 0 Å². The van der Waals surface area contributed by atoms with Crippen molar-refractivity contribution in [3.63, 3.8) is 0 Å². The molecule has 0 aliphatic heterocycles. The molecule has 13 heavy (non-hydrogen) atoms. The van der Waals surface area contributed by atoms with Crippen molar-refractivity contribution < 1.29 is 9.90 Å². The Morgan fingerprint density at radius 3 is 2.62 bits per heavy atom. The molecule has 1 atom stereocenters. The topological polar surface area (TPSA) is 37.3 Å². The van der Waals surface area contributed by atoms with Gasteiger partial charge in [0.15, 0.2) is 5.38 Å². The smallest absolute Gasteiger partial charge is 0.326 e. The molecule has 0 saturated heterocycles. The van der Waals surface area contributed by atoms with E-state index >= 15 is 0 Å². The molecule has 0 spiro atoms. The minimum absolute atomic E-state index is 0.552. The molecule has 1 aromatic rings. The molecule has 0 heterocycles. The SMILES string of the molecule is Cc1cc(C(Cl)C(=O)O)ccc1Cl. The Balaban J connectivity index is 3.03. The van der Waals surface area contributed by atoms with Crippen LogP contribution in [0.2, 0.25) is 5.02 Å². The zero-order chi connectivity index (χ0) is 10.0. The lowest BCUT2D eigenvalue weighted by atomic mass is 10.1. The number of rotatable bonds is 2. The highest BCUT2D eigenvalue weighted by atomic mass is 35.5. The second kappa shape index (κ2) is 3.99. The normalized spacial score (nSPS) is 12.5. The van der Waals surface area contributed by atoms with Gasteiger partial charge < -0.3 is 5.11 Å². The van der Waals surface area contributed by atoms with Crippen LogP contribution in [0.1, 0.15) is 16.5 Å². The van der Waals surface area contributed by atoms with Crippen molar-refractivity contribution in [1.29, 1.82) is 0 Å². The minimum Gasteiger partial charge on any atom is -0.480 e. The van der Waals surface area contributed by atoms with Crippen molar-refractivity contribution in [2.24, 2.45) is 0 Å². The standard InChI is InChI=1S/C9H8Cl2O2/c1-5-4-6(2-3-7(5)10)8(11)9(12)13/h2-4,8H,1H3,(H,12,13). The number of halogens is 2. The molecule has 70 valence electrons. The van der Waals surface area contributed by atoms with Crippen molar-refractivity contribution >= 4 is 29.2 Å². The first kappa shape index (κ1) is 10.4. The summed E-state index contributed by atoms with van der Waals surface area (Å²) in [5.74, 6) is -1.05. The maximum atomic E-state index is 10.5. The fourth-order valence-electron chi connectivity index (χ4n) is 0.968. The van der Waals surface area contributed by atoms with Crippen molar-refractivity contribution in [1.82, 2.24) is 0 Å². The Morgan fingerprint density at radius 2 is 2.15 bits per heavy atom. The Kier molecular flexibility index (Phi) is 3.17. The number of benzene rings is 1. The highest BCUT2D eigenvalue weighted by Gasteiger charge is 2.16. The molecule has 0 bridgehead atoms. The molecule has 1 unspecified atom stereocenters. The zero-order valence-electron chi connectivity index (χ0n) is 6.92. The summed E-state index contributed by atoms with van der Waals surface area (Å²) in [7, 11) is 0. The van der Waals surface area contributed by atoms with Crippen molar-refractivity contribution in [2.45, 2.75) is 12.3 Å². The number of aryl methyl sites for hydroxylation is 1. The maximum absolute atomic E-state index is 10.5. The summed E-state index contributed by atoms with van der Waals surface area (Å²) >= 11 is 11.4. The van der Waals surface area contributed by atoms with Crippen molar-refractivity contribution in [2.75, 3.05) is 0 Å². The number of carboxylic acids is 1. The van der Waals surface area contributed by atoms with Gasteiger partial charge in [0.25, 0.3) is 0 Å². The summed E-state index contributed by atoms with van der Waals surface area (Å²) < 4.78 is 0. The van der Waals surface area contributed by atoms with Crippen LogP contribution in [0.25, 0.3) is 0 Å². The maximum Gasteiger partial charge on any atom is 0.326 e. The summed E-state index contributed by atoms with van der Waals surface area (Å²) in [6.45, 7) is 1.80. The molecular weight excluding hydrogens is 211 g/mol. The molecule has 0 fully saturated rings. The van der Waals surface area contributed by atoms with Crippen LogP contribution in [0.5, 0.6) is 0 Å². The summed E-state index contributed by atoms with van der Waals surface area (Å²) in [4.78, 5) is 10.5. The number of alkyl halides is 1. The second-order valence-corrected chi connectivity index (χ2v) is 3.55. The van der Waals surface area contributed by atoms with Gasteiger partial charge in [-0.05, 0) is 24.1 Å². The number of aliphatic carboxylic acids is 1. The average molecular weight is 219 g/mol. The van der Waals surface area contributed by atoms with E-state index < -0.39 is 11.3 Å². The third-order valence-electron chi connectivity index (χ3n) is 1.69. The predicted octanol–water partition coefficient (Wildman–Crippen LogP) is 3.01. The van der Waals surface area contributed by atoms with Gasteiger partial charge in [0.05, 0.1) is 0 Å². The Morgan fingerprint density at radius 1 is 1.54 bits per heavy atom. The van der Waals surface area contributed by atoms with E-state index in [1.807, 2.05) is 0 Å². The molecule has 2 nitrogen and oxygen atoms in total. The molecule has 4 heteroatoms. The van der Waals surface area contributed by atoms with Crippen molar-refractivity contribution in [3.05, 3.63) is 34.3 Å². The van der Waals surface area contributed by atoms with Crippen LogP contribution in [-0.2, 0) is 4.79 Å². The van der Waals surface area contributed by atoms with Crippen LogP contribution < -0.4 is 0 Å². The number of hydrogen-bond donors (Lipinski definition) is 1. The van der Waals surface area contributed by atoms with E-state index in [4.69, 9.17) is 28.3 Å². The molecule has 0 saturated carbocycles. The molecule has 1 N–H and O–H groups in total. The van der Waals surface area contributed by atoms with Crippen LogP contribution in [0.15, 0.2) is 18.2 Å². The minimum atomic E-state index is -1.05. The molecular formula is C9H8Cl2O2. The summed E-state index contributed by atoms with van der Waals surface area (Å²) in [5.41, 5.74) is 1.38. The Bertz CT molecular complexity index is 336. The lowest BCUT2D eigenvalue weighted by Gasteiger charge is -2.06. The van der Waals surface area contributed by atoms with E-state index in [0.717, 1.165) is 5.56 Å². The van der Waals surface area contributed by atoms with Gasteiger partial charge in [-0.2, -0.15) is 0 Å². The van der Waals surface area contributed by atoms with E-state index in [-0.39, 0.29) is 0 Å². The summed E-state index contributed by atoms with van der Waals surface area (Å²) in [6, 6.07) is 4.93. The molecule has 1 rings (SSSR count). The molecule has 0 radical (unpaired) electrons. The van der Waals surface area contributed by atoms with Gasteiger partial charge in [-0.25, -0.2) is 0 Å². The van der Waals surface area contributed by atoms with E-state index in [1.54, 1.807) is 25.1 Å². The lowest BCUT2D eigenvalue weighted by Crippen LogP contribution is -2.04. The quantitative estimate of drug-likeness (QED) is 0.776. The van der Waals surface area contributed by atoms with Gasteiger partial charge in [-0.3, -0.25) is 4.79 Å². The van der Waals surface area contributed by atoms with Gasteiger partial charge in [0, 0.05) is 5.02 Å². The first-order valence-corrected chi connectivity index (χ1v) is 4.46. The monoisotopic (exact) mass is 218 g/mol.